The summed E-state index contributed by atoms with van der Waals surface area (Å²) >= 11 is 8.60. The van der Waals surface area contributed by atoms with Crippen LogP contribution in [0.2, 0.25) is 0 Å². The molecule has 0 bridgehead atoms. The standard InChI is InChI=1S/C20H21BrN2O4S/c1-3-4-11-27-17-10-7-14(12-16(17)21)18(24)23-20(28)22-15-8-5-13(6-9-15)19(25)26-2/h5-10,12H,3-4,11H2,1-2H3,(H2,22,23,24,28). The fourth-order valence-electron chi connectivity index (χ4n) is 2.23. The van der Waals surface area contributed by atoms with Crippen molar-refractivity contribution in [3.8, 4) is 5.75 Å². The summed E-state index contributed by atoms with van der Waals surface area (Å²) in [6.07, 6.45) is 2.02. The number of carbonyl (C=O) groups excluding carboxylic acids is 2. The van der Waals surface area contributed by atoms with Crippen LogP contribution in [0.1, 0.15) is 40.5 Å². The summed E-state index contributed by atoms with van der Waals surface area (Å²) in [5.41, 5.74) is 1.51. The zero-order chi connectivity index (χ0) is 20.5. The van der Waals surface area contributed by atoms with Gasteiger partial charge in [0.25, 0.3) is 5.91 Å². The lowest BCUT2D eigenvalue weighted by atomic mass is 10.2. The van der Waals surface area contributed by atoms with Crippen molar-refractivity contribution in [3.05, 3.63) is 58.1 Å². The summed E-state index contributed by atoms with van der Waals surface area (Å²) in [5.74, 6) is -0.0731. The number of rotatable bonds is 7. The number of esters is 1. The molecule has 0 saturated heterocycles. The average molecular weight is 465 g/mol. The Labute approximate surface area is 177 Å². The Morgan fingerprint density at radius 2 is 1.79 bits per heavy atom. The lowest BCUT2D eigenvalue weighted by Gasteiger charge is -2.12. The maximum atomic E-state index is 12.4. The molecule has 28 heavy (non-hydrogen) atoms. The molecule has 0 radical (unpaired) electrons. The molecule has 0 saturated carbocycles. The second-order valence-electron chi connectivity index (χ2n) is 5.82. The van der Waals surface area contributed by atoms with Crippen LogP contribution in [0.25, 0.3) is 0 Å². The number of benzene rings is 2. The second kappa shape index (κ2) is 10.8. The highest BCUT2D eigenvalue weighted by Gasteiger charge is 2.11. The topological polar surface area (TPSA) is 76.7 Å². The molecule has 2 aromatic carbocycles. The summed E-state index contributed by atoms with van der Waals surface area (Å²) in [6, 6.07) is 11.7. The van der Waals surface area contributed by atoms with Gasteiger partial charge >= 0.3 is 5.97 Å². The molecule has 0 aromatic heterocycles. The minimum absolute atomic E-state index is 0.148. The van der Waals surface area contributed by atoms with Gasteiger partial charge in [-0.1, -0.05) is 13.3 Å². The Hall–Kier alpha value is -2.45. The summed E-state index contributed by atoms with van der Waals surface area (Å²) < 4.78 is 11.0. The van der Waals surface area contributed by atoms with Gasteiger partial charge in [-0.2, -0.15) is 0 Å². The molecule has 0 aliphatic rings. The van der Waals surface area contributed by atoms with Crippen LogP contribution in [-0.2, 0) is 4.74 Å². The Morgan fingerprint density at radius 3 is 2.39 bits per heavy atom. The van der Waals surface area contributed by atoms with Crippen molar-refractivity contribution < 1.29 is 19.1 Å². The van der Waals surface area contributed by atoms with E-state index in [0.29, 0.717) is 33.6 Å². The number of hydrogen-bond acceptors (Lipinski definition) is 5. The van der Waals surface area contributed by atoms with Crippen LogP contribution < -0.4 is 15.4 Å². The molecule has 0 spiro atoms. The minimum Gasteiger partial charge on any atom is -0.492 e. The van der Waals surface area contributed by atoms with Crippen LogP contribution in [0.5, 0.6) is 5.75 Å². The smallest absolute Gasteiger partial charge is 0.337 e. The molecule has 2 N–H and O–H groups in total. The number of ether oxygens (including phenoxy) is 2. The van der Waals surface area contributed by atoms with Crippen molar-refractivity contribution in [1.82, 2.24) is 5.32 Å². The number of anilines is 1. The molecule has 0 unspecified atom stereocenters. The van der Waals surface area contributed by atoms with E-state index in [4.69, 9.17) is 17.0 Å². The second-order valence-corrected chi connectivity index (χ2v) is 7.09. The molecular weight excluding hydrogens is 444 g/mol. The molecule has 8 heteroatoms. The van der Waals surface area contributed by atoms with Gasteiger partial charge in [0.1, 0.15) is 5.75 Å². The van der Waals surface area contributed by atoms with Crippen LogP contribution in [0, 0.1) is 0 Å². The van der Waals surface area contributed by atoms with E-state index < -0.39 is 5.97 Å². The van der Waals surface area contributed by atoms with Gasteiger partial charge in [-0.25, -0.2) is 4.79 Å². The van der Waals surface area contributed by atoms with E-state index in [1.807, 2.05) is 0 Å². The number of carbonyl (C=O) groups is 2. The van der Waals surface area contributed by atoms with Crippen molar-refractivity contribution in [3.63, 3.8) is 0 Å². The van der Waals surface area contributed by atoms with Crippen LogP contribution >= 0.6 is 28.1 Å². The summed E-state index contributed by atoms with van der Waals surface area (Å²) in [5, 5.41) is 5.67. The predicted molar refractivity (Wildman–Crippen MR) is 116 cm³/mol. The maximum Gasteiger partial charge on any atom is 0.337 e. The van der Waals surface area contributed by atoms with E-state index in [1.165, 1.54) is 7.11 Å². The fraction of sp³-hybridized carbons (Fsp3) is 0.250. The first kappa shape index (κ1) is 21.8. The minimum atomic E-state index is -0.421. The van der Waals surface area contributed by atoms with E-state index >= 15 is 0 Å². The van der Waals surface area contributed by atoms with E-state index in [1.54, 1.807) is 42.5 Å². The predicted octanol–water partition coefficient (Wildman–Crippen LogP) is 4.54. The first-order valence-electron chi connectivity index (χ1n) is 8.67. The summed E-state index contributed by atoms with van der Waals surface area (Å²) in [6.45, 7) is 2.72. The van der Waals surface area contributed by atoms with Gasteiger partial charge < -0.3 is 14.8 Å². The van der Waals surface area contributed by atoms with Gasteiger partial charge in [0.2, 0.25) is 0 Å². The molecule has 0 fully saturated rings. The molecule has 0 aliphatic heterocycles. The number of unbranched alkanes of at least 4 members (excludes halogenated alkanes) is 1. The number of amides is 1. The first-order chi connectivity index (χ1) is 13.4. The summed E-state index contributed by atoms with van der Waals surface area (Å²) in [7, 11) is 1.32. The largest absolute Gasteiger partial charge is 0.492 e. The highest BCUT2D eigenvalue weighted by Crippen LogP contribution is 2.26. The lowest BCUT2D eigenvalue weighted by molar-refractivity contribution is 0.0600. The van der Waals surface area contributed by atoms with Crippen LogP contribution in [0.4, 0.5) is 5.69 Å². The van der Waals surface area contributed by atoms with E-state index in [2.05, 4.69) is 38.2 Å². The lowest BCUT2D eigenvalue weighted by Crippen LogP contribution is -2.34. The molecule has 0 heterocycles. The van der Waals surface area contributed by atoms with E-state index in [-0.39, 0.29) is 11.0 Å². The number of thiocarbonyl (C=S) groups is 1. The van der Waals surface area contributed by atoms with Crippen LogP contribution in [0.15, 0.2) is 46.9 Å². The average Bonchev–Trinajstić information content (AvgIpc) is 2.69. The number of nitrogens with one attached hydrogen (secondary N) is 2. The molecule has 148 valence electrons. The molecule has 0 atom stereocenters. The van der Waals surface area contributed by atoms with Gasteiger partial charge in [0, 0.05) is 11.3 Å². The highest BCUT2D eigenvalue weighted by molar-refractivity contribution is 9.10. The van der Waals surface area contributed by atoms with Gasteiger partial charge in [-0.05, 0) is 77.0 Å². The van der Waals surface area contributed by atoms with Crippen molar-refractivity contribution in [1.29, 1.82) is 0 Å². The Balaban J connectivity index is 1.93. The third kappa shape index (κ3) is 6.31. The SMILES string of the molecule is CCCCOc1ccc(C(=O)NC(=S)Nc2ccc(C(=O)OC)cc2)cc1Br. The number of methoxy groups -OCH3 is 1. The summed E-state index contributed by atoms with van der Waals surface area (Å²) in [4.78, 5) is 23.8. The zero-order valence-electron chi connectivity index (χ0n) is 15.6. The molecule has 1 amide bonds. The van der Waals surface area contributed by atoms with Gasteiger partial charge in [-0.15, -0.1) is 0 Å². The van der Waals surface area contributed by atoms with E-state index in [0.717, 1.165) is 12.8 Å². The van der Waals surface area contributed by atoms with Crippen LogP contribution in [-0.4, -0.2) is 30.7 Å². The molecule has 0 aliphatic carbocycles. The normalized spacial score (nSPS) is 10.1. The van der Waals surface area contributed by atoms with Crippen molar-refractivity contribution in [2.24, 2.45) is 0 Å². The Kier molecular flexibility index (Phi) is 8.41. The molecule has 2 rings (SSSR count). The van der Waals surface area contributed by atoms with Crippen molar-refractivity contribution in [2.45, 2.75) is 19.8 Å². The van der Waals surface area contributed by atoms with Gasteiger partial charge in [0.15, 0.2) is 5.11 Å². The number of halogens is 1. The fourth-order valence-corrected chi connectivity index (χ4v) is 2.93. The van der Waals surface area contributed by atoms with Gasteiger partial charge in [-0.3, -0.25) is 10.1 Å². The monoisotopic (exact) mass is 464 g/mol. The number of hydrogen-bond donors (Lipinski definition) is 2. The van der Waals surface area contributed by atoms with Crippen molar-refractivity contribution in [2.75, 3.05) is 19.0 Å². The van der Waals surface area contributed by atoms with Crippen LogP contribution in [0.3, 0.4) is 0 Å². The Morgan fingerprint density at radius 1 is 1.11 bits per heavy atom. The third-order valence-electron chi connectivity index (χ3n) is 3.74. The van der Waals surface area contributed by atoms with Gasteiger partial charge in [0.05, 0.1) is 23.8 Å². The quantitative estimate of drug-likeness (QED) is 0.355. The maximum absolute atomic E-state index is 12.4. The van der Waals surface area contributed by atoms with E-state index in [9.17, 15) is 9.59 Å². The first-order valence-corrected chi connectivity index (χ1v) is 9.87. The molecule has 6 nitrogen and oxygen atoms in total. The highest BCUT2D eigenvalue weighted by atomic mass is 79.9. The zero-order valence-corrected chi connectivity index (χ0v) is 18.0. The molecule has 2 aromatic rings. The third-order valence-corrected chi connectivity index (χ3v) is 4.56. The van der Waals surface area contributed by atoms with Crippen molar-refractivity contribution >= 4 is 50.8 Å². The Bertz CT molecular complexity index is 856. The molecular formula is C20H21BrN2O4S.